The zero-order valence-corrected chi connectivity index (χ0v) is 12.2. The number of nitro benzene ring substituents is 1. The standard InChI is InChI=1S/C14H20N4O4/c19-13(10-17-7-1-2-8-17)9-15-14(20)16-11-3-5-12(6-4-11)18(21)22/h3-6,13,19H,1-2,7-10H2,(H2,15,16,20). The Morgan fingerprint density at radius 3 is 2.55 bits per heavy atom. The van der Waals surface area contributed by atoms with E-state index in [0.717, 1.165) is 25.9 Å². The van der Waals surface area contributed by atoms with Gasteiger partial charge >= 0.3 is 6.03 Å². The summed E-state index contributed by atoms with van der Waals surface area (Å²) < 4.78 is 0. The molecule has 0 aromatic heterocycles. The van der Waals surface area contributed by atoms with E-state index in [1.54, 1.807) is 0 Å². The topological polar surface area (TPSA) is 108 Å². The Kier molecular flexibility index (Phi) is 5.68. The summed E-state index contributed by atoms with van der Waals surface area (Å²) in [5.74, 6) is 0. The first-order valence-corrected chi connectivity index (χ1v) is 7.24. The lowest BCUT2D eigenvalue weighted by molar-refractivity contribution is -0.384. The molecule has 0 spiro atoms. The van der Waals surface area contributed by atoms with Crippen LogP contribution in [0.25, 0.3) is 0 Å². The minimum Gasteiger partial charge on any atom is -0.390 e. The van der Waals surface area contributed by atoms with Gasteiger partial charge < -0.3 is 20.6 Å². The molecule has 1 heterocycles. The van der Waals surface area contributed by atoms with Gasteiger partial charge in [0.25, 0.3) is 5.69 Å². The summed E-state index contributed by atoms with van der Waals surface area (Å²) in [6, 6.07) is 5.10. The van der Waals surface area contributed by atoms with Crippen molar-refractivity contribution in [2.24, 2.45) is 0 Å². The molecule has 1 aromatic carbocycles. The lowest BCUT2D eigenvalue weighted by atomic mass is 10.3. The fourth-order valence-electron chi connectivity index (χ4n) is 2.38. The van der Waals surface area contributed by atoms with Crippen molar-refractivity contribution in [2.45, 2.75) is 18.9 Å². The van der Waals surface area contributed by atoms with Gasteiger partial charge in [-0.05, 0) is 38.1 Å². The van der Waals surface area contributed by atoms with Gasteiger partial charge in [0, 0.05) is 30.9 Å². The van der Waals surface area contributed by atoms with Crippen molar-refractivity contribution in [2.75, 3.05) is 31.5 Å². The number of hydrogen-bond donors (Lipinski definition) is 3. The molecule has 1 aliphatic rings. The molecule has 3 N–H and O–H groups in total. The zero-order chi connectivity index (χ0) is 15.9. The molecule has 1 atom stereocenters. The molecular weight excluding hydrogens is 288 g/mol. The number of carbonyl (C=O) groups excluding carboxylic acids is 1. The maximum absolute atomic E-state index is 11.7. The second kappa shape index (κ2) is 7.71. The van der Waals surface area contributed by atoms with Crippen LogP contribution in [-0.4, -0.2) is 53.2 Å². The fraction of sp³-hybridized carbons (Fsp3) is 0.500. The van der Waals surface area contributed by atoms with E-state index in [1.165, 1.54) is 24.3 Å². The van der Waals surface area contributed by atoms with Crippen LogP contribution in [0.4, 0.5) is 16.2 Å². The van der Waals surface area contributed by atoms with Crippen LogP contribution in [0.5, 0.6) is 0 Å². The van der Waals surface area contributed by atoms with Crippen LogP contribution in [0.2, 0.25) is 0 Å². The van der Waals surface area contributed by atoms with Gasteiger partial charge in [-0.2, -0.15) is 0 Å². The SMILES string of the molecule is O=C(NCC(O)CN1CCCC1)Nc1ccc([N+](=O)[O-])cc1. The maximum atomic E-state index is 11.7. The number of nitro groups is 1. The molecule has 1 unspecified atom stereocenters. The number of urea groups is 1. The number of rotatable bonds is 6. The van der Waals surface area contributed by atoms with Crippen molar-refractivity contribution in [1.82, 2.24) is 10.2 Å². The van der Waals surface area contributed by atoms with E-state index < -0.39 is 17.1 Å². The first-order chi connectivity index (χ1) is 10.5. The predicted molar refractivity (Wildman–Crippen MR) is 81.8 cm³/mol. The number of anilines is 1. The molecule has 22 heavy (non-hydrogen) atoms. The number of benzene rings is 1. The van der Waals surface area contributed by atoms with Crippen LogP contribution in [-0.2, 0) is 0 Å². The number of amides is 2. The molecule has 1 aliphatic heterocycles. The quantitative estimate of drug-likeness (QED) is 0.540. The van der Waals surface area contributed by atoms with Gasteiger partial charge in [-0.1, -0.05) is 0 Å². The number of nitrogens with one attached hydrogen (secondary N) is 2. The largest absolute Gasteiger partial charge is 0.390 e. The van der Waals surface area contributed by atoms with Gasteiger partial charge in [0.05, 0.1) is 11.0 Å². The van der Waals surface area contributed by atoms with E-state index in [2.05, 4.69) is 15.5 Å². The normalized spacial score (nSPS) is 16.2. The van der Waals surface area contributed by atoms with Crippen LogP contribution < -0.4 is 10.6 Å². The number of likely N-dealkylation sites (tertiary alicyclic amines) is 1. The van der Waals surface area contributed by atoms with E-state index in [9.17, 15) is 20.0 Å². The van der Waals surface area contributed by atoms with Crippen LogP contribution in [0.1, 0.15) is 12.8 Å². The highest BCUT2D eigenvalue weighted by atomic mass is 16.6. The minimum atomic E-state index is -0.610. The second-order valence-corrected chi connectivity index (χ2v) is 5.30. The maximum Gasteiger partial charge on any atom is 0.319 e. The molecule has 8 nitrogen and oxygen atoms in total. The van der Waals surface area contributed by atoms with Crippen molar-refractivity contribution >= 4 is 17.4 Å². The van der Waals surface area contributed by atoms with Crippen LogP contribution in [0.3, 0.4) is 0 Å². The number of non-ortho nitro benzene ring substituents is 1. The minimum absolute atomic E-state index is 0.0352. The van der Waals surface area contributed by atoms with Gasteiger partial charge in [-0.3, -0.25) is 10.1 Å². The van der Waals surface area contributed by atoms with Gasteiger partial charge in [0.2, 0.25) is 0 Å². The predicted octanol–water partition coefficient (Wildman–Crippen LogP) is 1.17. The Labute approximate surface area is 128 Å². The monoisotopic (exact) mass is 308 g/mol. The zero-order valence-electron chi connectivity index (χ0n) is 12.2. The van der Waals surface area contributed by atoms with E-state index in [4.69, 9.17) is 0 Å². The van der Waals surface area contributed by atoms with Crippen molar-refractivity contribution in [3.8, 4) is 0 Å². The first-order valence-electron chi connectivity index (χ1n) is 7.24. The lowest BCUT2D eigenvalue weighted by Gasteiger charge is -2.19. The van der Waals surface area contributed by atoms with Gasteiger partial charge in [0.15, 0.2) is 0 Å². The third-order valence-corrected chi connectivity index (χ3v) is 3.50. The van der Waals surface area contributed by atoms with Crippen LogP contribution in [0, 0.1) is 10.1 Å². The van der Waals surface area contributed by atoms with Crippen molar-refractivity contribution in [3.05, 3.63) is 34.4 Å². The molecule has 1 fully saturated rings. The van der Waals surface area contributed by atoms with E-state index in [-0.39, 0.29) is 12.2 Å². The number of carbonyl (C=O) groups is 1. The molecule has 0 bridgehead atoms. The van der Waals surface area contributed by atoms with Crippen LogP contribution >= 0.6 is 0 Å². The molecule has 2 amide bonds. The summed E-state index contributed by atoms with van der Waals surface area (Å²) in [6.07, 6.45) is 1.70. The molecule has 2 rings (SSSR count). The Bertz CT molecular complexity index is 514. The highest BCUT2D eigenvalue weighted by Gasteiger charge is 2.16. The first kappa shape index (κ1) is 16.2. The summed E-state index contributed by atoms with van der Waals surface area (Å²) >= 11 is 0. The number of hydrogen-bond acceptors (Lipinski definition) is 5. The van der Waals surface area contributed by atoms with E-state index in [1.807, 2.05) is 0 Å². The molecule has 0 radical (unpaired) electrons. The molecule has 1 saturated heterocycles. The molecular formula is C14H20N4O4. The number of aliphatic hydroxyl groups excluding tert-OH is 1. The number of aliphatic hydroxyl groups is 1. The Morgan fingerprint density at radius 2 is 1.95 bits per heavy atom. The van der Waals surface area contributed by atoms with Gasteiger partial charge in [0.1, 0.15) is 0 Å². The average molecular weight is 308 g/mol. The van der Waals surface area contributed by atoms with E-state index >= 15 is 0 Å². The highest BCUT2D eigenvalue weighted by Crippen LogP contribution is 2.15. The van der Waals surface area contributed by atoms with Crippen molar-refractivity contribution in [3.63, 3.8) is 0 Å². The second-order valence-electron chi connectivity index (χ2n) is 5.30. The Morgan fingerprint density at radius 1 is 1.32 bits per heavy atom. The van der Waals surface area contributed by atoms with E-state index in [0.29, 0.717) is 12.2 Å². The summed E-state index contributed by atoms with van der Waals surface area (Å²) in [5.41, 5.74) is 0.420. The van der Waals surface area contributed by atoms with Crippen LogP contribution in [0.15, 0.2) is 24.3 Å². The third kappa shape index (κ3) is 4.97. The lowest BCUT2D eigenvalue weighted by Crippen LogP contribution is -2.40. The summed E-state index contributed by atoms with van der Waals surface area (Å²) in [4.78, 5) is 23.9. The summed E-state index contributed by atoms with van der Waals surface area (Å²) in [6.45, 7) is 2.70. The van der Waals surface area contributed by atoms with Crippen molar-refractivity contribution in [1.29, 1.82) is 0 Å². The van der Waals surface area contributed by atoms with Crippen molar-refractivity contribution < 1.29 is 14.8 Å². The Hall–Kier alpha value is -2.19. The molecule has 0 saturated carbocycles. The Balaban J connectivity index is 1.71. The highest BCUT2D eigenvalue weighted by molar-refractivity contribution is 5.89. The third-order valence-electron chi connectivity index (χ3n) is 3.50. The summed E-state index contributed by atoms with van der Waals surface area (Å²) in [5, 5.41) is 25.5. The molecule has 1 aromatic rings. The average Bonchev–Trinajstić information content (AvgIpc) is 2.98. The molecule has 120 valence electrons. The number of β-amino-alcohol motifs (C(OH)–C–C–N with tert-alkyl or cyclic N) is 1. The number of nitrogens with zero attached hydrogens (tertiary/aromatic N) is 2. The molecule has 0 aliphatic carbocycles. The fourth-order valence-corrected chi connectivity index (χ4v) is 2.38. The smallest absolute Gasteiger partial charge is 0.319 e. The summed E-state index contributed by atoms with van der Waals surface area (Å²) in [7, 11) is 0. The van der Waals surface area contributed by atoms with Gasteiger partial charge in [-0.25, -0.2) is 4.79 Å². The molecule has 8 heteroatoms. The van der Waals surface area contributed by atoms with Gasteiger partial charge in [-0.15, -0.1) is 0 Å².